The van der Waals surface area contributed by atoms with Crippen molar-refractivity contribution in [2.75, 3.05) is 13.7 Å². The quantitative estimate of drug-likeness (QED) is 0.774. The average molecular weight is 363 g/mol. The summed E-state index contributed by atoms with van der Waals surface area (Å²) in [5.41, 5.74) is 6.20. The van der Waals surface area contributed by atoms with E-state index >= 15 is 0 Å². The van der Waals surface area contributed by atoms with Gasteiger partial charge in [-0.1, -0.05) is 29.8 Å². The number of ether oxygens (including phenoxy) is 2. The third-order valence-electron chi connectivity index (χ3n) is 3.38. The minimum absolute atomic E-state index is 0.0848. The number of carbonyl (C=O) groups excluding carboxylic acids is 2. The Balaban J connectivity index is 1.78. The zero-order valence-corrected chi connectivity index (χ0v) is 14.7. The largest absolute Gasteiger partial charge is 0.496 e. The fraction of sp³-hybridized carbons (Fsp3) is 0.222. The van der Waals surface area contributed by atoms with Gasteiger partial charge in [-0.15, -0.1) is 0 Å². The van der Waals surface area contributed by atoms with Crippen LogP contribution in [0.4, 0.5) is 0 Å². The van der Waals surface area contributed by atoms with Gasteiger partial charge in [-0.25, -0.2) is 0 Å². The molecule has 2 rings (SSSR count). The molecule has 0 saturated carbocycles. The lowest BCUT2D eigenvalue weighted by atomic mass is 10.1. The molecule has 0 radical (unpaired) electrons. The van der Waals surface area contributed by atoms with Crippen LogP contribution in [0.25, 0.3) is 0 Å². The normalized spacial score (nSPS) is 10.0. The number of para-hydroxylation sites is 1. The zero-order chi connectivity index (χ0) is 18.2. The molecule has 0 heterocycles. The maximum atomic E-state index is 11.9. The van der Waals surface area contributed by atoms with Gasteiger partial charge in [-0.3, -0.25) is 20.4 Å². The summed E-state index contributed by atoms with van der Waals surface area (Å²) < 4.78 is 10.6. The first-order valence-electron chi connectivity index (χ1n) is 7.58. The number of methoxy groups -OCH3 is 1. The maximum Gasteiger partial charge on any atom is 0.276 e. The molecule has 2 N–H and O–H groups in total. The summed E-state index contributed by atoms with van der Waals surface area (Å²) in [5, 5.41) is 0.595. The van der Waals surface area contributed by atoms with Crippen molar-refractivity contribution >= 4 is 23.4 Å². The highest BCUT2D eigenvalue weighted by Gasteiger charge is 2.10. The van der Waals surface area contributed by atoms with Crippen molar-refractivity contribution in [2.45, 2.75) is 13.3 Å². The van der Waals surface area contributed by atoms with E-state index < -0.39 is 5.91 Å². The zero-order valence-electron chi connectivity index (χ0n) is 14.0. The summed E-state index contributed by atoms with van der Waals surface area (Å²) in [6.07, 6.45) is 0.0848. The molecule has 7 heteroatoms. The third kappa shape index (κ3) is 5.69. The number of benzene rings is 2. The van der Waals surface area contributed by atoms with Gasteiger partial charge in [-0.05, 0) is 36.8 Å². The number of aryl methyl sites for hydroxylation is 1. The highest BCUT2D eigenvalue weighted by atomic mass is 35.5. The fourth-order valence-electron chi connectivity index (χ4n) is 2.16. The monoisotopic (exact) mass is 362 g/mol. The van der Waals surface area contributed by atoms with E-state index in [1.165, 1.54) is 7.11 Å². The number of halogens is 1. The molecule has 0 aromatic heterocycles. The Kier molecular flexibility index (Phi) is 6.65. The van der Waals surface area contributed by atoms with Crippen molar-refractivity contribution in [3.8, 4) is 11.5 Å². The molecule has 0 bridgehead atoms. The molecule has 25 heavy (non-hydrogen) atoms. The molecule has 2 aromatic rings. The standard InChI is InChI=1S/C18H19ClN2O4/c1-12-9-14(19)7-8-15(12)25-11-18(23)21-20-17(22)10-13-5-3-4-6-16(13)24-2/h3-9H,10-11H2,1-2H3,(H,20,22)(H,21,23). The van der Waals surface area contributed by atoms with Crippen molar-refractivity contribution in [3.63, 3.8) is 0 Å². The molecule has 2 aromatic carbocycles. The first kappa shape index (κ1) is 18.6. The summed E-state index contributed by atoms with van der Waals surface area (Å²) in [5.74, 6) is 0.341. The average Bonchev–Trinajstić information content (AvgIpc) is 2.59. The van der Waals surface area contributed by atoms with E-state index in [0.717, 1.165) is 11.1 Å². The van der Waals surface area contributed by atoms with E-state index in [4.69, 9.17) is 21.1 Å². The molecule has 0 unspecified atom stereocenters. The van der Waals surface area contributed by atoms with Crippen LogP contribution in [0.15, 0.2) is 42.5 Å². The Morgan fingerprint density at radius 1 is 1.04 bits per heavy atom. The highest BCUT2D eigenvalue weighted by molar-refractivity contribution is 6.30. The van der Waals surface area contributed by atoms with Crippen LogP contribution in [-0.2, 0) is 16.0 Å². The summed E-state index contributed by atoms with van der Waals surface area (Å²) in [7, 11) is 1.54. The number of hydrazine groups is 1. The van der Waals surface area contributed by atoms with Crippen LogP contribution in [0.5, 0.6) is 11.5 Å². The predicted octanol–water partition coefficient (Wildman–Crippen LogP) is 2.43. The summed E-state index contributed by atoms with van der Waals surface area (Å²) in [6, 6.07) is 12.3. The number of hydrogen-bond acceptors (Lipinski definition) is 4. The van der Waals surface area contributed by atoms with Gasteiger partial charge in [0.25, 0.3) is 5.91 Å². The molecular formula is C18H19ClN2O4. The molecule has 6 nitrogen and oxygen atoms in total. The molecule has 0 spiro atoms. The lowest BCUT2D eigenvalue weighted by Gasteiger charge is -2.11. The van der Waals surface area contributed by atoms with E-state index in [-0.39, 0.29) is 18.9 Å². The number of carbonyl (C=O) groups is 2. The van der Waals surface area contributed by atoms with Crippen LogP contribution in [0, 0.1) is 6.92 Å². The van der Waals surface area contributed by atoms with Gasteiger partial charge in [0.1, 0.15) is 11.5 Å². The highest BCUT2D eigenvalue weighted by Crippen LogP contribution is 2.21. The first-order chi connectivity index (χ1) is 12.0. The third-order valence-corrected chi connectivity index (χ3v) is 3.62. The summed E-state index contributed by atoms with van der Waals surface area (Å²) in [4.78, 5) is 23.7. The Labute approximate surface area is 151 Å². The molecule has 2 amide bonds. The molecule has 0 fully saturated rings. The Hall–Kier alpha value is -2.73. The Bertz CT molecular complexity index is 764. The maximum absolute atomic E-state index is 11.9. The number of hydrogen-bond donors (Lipinski definition) is 2. The van der Waals surface area contributed by atoms with Gasteiger partial charge in [-0.2, -0.15) is 0 Å². The van der Waals surface area contributed by atoms with E-state index in [1.807, 2.05) is 19.1 Å². The number of rotatable bonds is 6. The molecule has 0 atom stereocenters. The lowest BCUT2D eigenvalue weighted by Crippen LogP contribution is -2.44. The van der Waals surface area contributed by atoms with Crippen LogP contribution in [0.2, 0.25) is 5.02 Å². The number of amides is 2. The number of nitrogens with one attached hydrogen (secondary N) is 2. The van der Waals surface area contributed by atoms with Crippen LogP contribution >= 0.6 is 11.6 Å². The molecule has 132 valence electrons. The second-order valence-electron chi connectivity index (χ2n) is 5.28. The van der Waals surface area contributed by atoms with Gasteiger partial charge in [0.2, 0.25) is 5.91 Å². The van der Waals surface area contributed by atoms with Crippen molar-refractivity contribution < 1.29 is 19.1 Å². The SMILES string of the molecule is COc1ccccc1CC(=O)NNC(=O)COc1ccc(Cl)cc1C. The fourth-order valence-corrected chi connectivity index (χ4v) is 2.39. The molecule has 0 aliphatic rings. The van der Waals surface area contributed by atoms with Gasteiger partial charge in [0.15, 0.2) is 6.61 Å². The van der Waals surface area contributed by atoms with Crippen LogP contribution in [0.3, 0.4) is 0 Å². The second kappa shape index (κ2) is 8.94. The predicted molar refractivity (Wildman–Crippen MR) is 94.7 cm³/mol. The first-order valence-corrected chi connectivity index (χ1v) is 7.96. The van der Waals surface area contributed by atoms with Crippen molar-refractivity contribution in [1.82, 2.24) is 10.9 Å². The van der Waals surface area contributed by atoms with Crippen molar-refractivity contribution in [2.24, 2.45) is 0 Å². The molecule has 0 aliphatic heterocycles. The topological polar surface area (TPSA) is 76.7 Å². The van der Waals surface area contributed by atoms with Crippen molar-refractivity contribution in [3.05, 3.63) is 58.6 Å². The minimum Gasteiger partial charge on any atom is -0.496 e. The van der Waals surface area contributed by atoms with E-state index in [9.17, 15) is 9.59 Å². The molecule has 0 aliphatic carbocycles. The van der Waals surface area contributed by atoms with Gasteiger partial charge < -0.3 is 9.47 Å². The minimum atomic E-state index is -0.470. The van der Waals surface area contributed by atoms with Gasteiger partial charge in [0.05, 0.1) is 13.5 Å². The molecular weight excluding hydrogens is 344 g/mol. The summed E-state index contributed by atoms with van der Waals surface area (Å²) >= 11 is 5.86. The van der Waals surface area contributed by atoms with Gasteiger partial charge in [0, 0.05) is 10.6 Å². The van der Waals surface area contributed by atoms with Crippen LogP contribution < -0.4 is 20.3 Å². The smallest absolute Gasteiger partial charge is 0.276 e. The molecule has 0 saturated heterocycles. The van der Waals surface area contributed by atoms with Crippen LogP contribution in [-0.4, -0.2) is 25.5 Å². The van der Waals surface area contributed by atoms with E-state index in [2.05, 4.69) is 10.9 Å². The van der Waals surface area contributed by atoms with Crippen LogP contribution in [0.1, 0.15) is 11.1 Å². The Morgan fingerprint density at radius 3 is 2.48 bits per heavy atom. The Morgan fingerprint density at radius 2 is 1.76 bits per heavy atom. The van der Waals surface area contributed by atoms with E-state index in [0.29, 0.717) is 16.5 Å². The lowest BCUT2D eigenvalue weighted by molar-refractivity contribution is -0.129. The summed E-state index contributed by atoms with van der Waals surface area (Å²) in [6.45, 7) is 1.60. The van der Waals surface area contributed by atoms with Gasteiger partial charge >= 0.3 is 0 Å². The second-order valence-corrected chi connectivity index (χ2v) is 5.72. The van der Waals surface area contributed by atoms with Crippen molar-refractivity contribution in [1.29, 1.82) is 0 Å². The van der Waals surface area contributed by atoms with E-state index in [1.54, 1.807) is 30.3 Å².